The predicted molar refractivity (Wildman–Crippen MR) is 60.9 cm³/mol. The third kappa shape index (κ3) is 1.17. The molecule has 0 radical (unpaired) electrons. The number of hydrogen-bond acceptors (Lipinski definition) is 1. The van der Waals surface area contributed by atoms with E-state index in [0.29, 0.717) is 0 Å². The average molecular weight is 186 g/mol. The van der Waals surface area contributed by atoms with Gasteiger partial charge in [0.25, 0.3) is 0 Å². The maximum atomic E-state index is 5.73. The van der Waals surface area contributed by atoms with Gasteiger partial charge in [-0.3, -0.25) is 0 Å². The van der Waals surface area contributed by atoms with Gasteiger partial charge in [-0.15, -0.1) is 0 Å². The van der Waals surface area contributed by atoms with E-state index in [9.17, 15) is 0 Å². The smallest absolute Gasteiger partial charge is 0.134 e. The lowest BCUT2D eigenvalue weighted by atomic mass is 9.95. The highest BCUT2D eigenvalue weighted by Crippen LogP contribution is 2.34. The minimum Gasteiger partial charge on any atom is -0.456 e. The highest BCUT2D eigenvalue weighted by molar-refractivity contribution is 5.73. The van der Waals surface area contributed by atoms with Crippen molar-refractivity contribution >= 4 is 17.7 Å². The van der Waals surface area contributed by atoms with Gasteiger partial charge >= 0.3 is 0 Å². The molecule has 1 heteroatoms. The van der Waals surface area contributed by atoms with Crippen LogP contribution >= 0.6 is 0 Å². The number of furan rings is 1. The Labute approximate surface area is 84.4 Å². The normalized spacial score (nSPS) is 14.5. The van der Waals surface area contributed by atoms with Crippen LogP contribution in [0.2, 0.25) is 0 Å². The van der Waals surface area contributed by atoms with Gasteiger partial charge in [0.1, 0.15) is 11.5 Å². The third-order valence-electron chi connectivity index (χ3n) is 2.67. The molecule has 1 aliphatic carbocycles. The molecule has 1 aliphatic rings. The second-order valence-corrected chi connectivity index (χ2v) is 3.52. The summed E-state index contributed by atoms with van der Waals surface area (Å²) >= 11 is 0. The molecule has 0 spiro atoms. The summed E-state index contributed by atoms with van der Waals surface area (Å²) in [4.78, 5) is 0. The molecule has 2 rings (SSSR count). The number of hydrogen-bond donors (Lipinski definition) is 0. The van der Waals surface area contributed by atoms with Crippen LogP contribution in [-0.4, -0.2) is 0 Å². The highest BCUT2D eigenvalue weighted by Gasteiger charge is 2.19. The van der Waals surface area contributed by atoms with Crippen molar-refractivity contribution in [2.45, 2.75) is 19.8 Å². The molecule has 72 valence electrons. The van der Waals surface area contributed by atoms with Crippen molar-refractivity contribution in [3.63, 3.8) is 0 Å². The topological polar surface area (TPSA) is 13.1 Å². The van der Waals surface area contributed by atoms with Gasteiger partial charge < -0.3 is 4.42 Å². The van der Waals surface area contributed by atoms with E-state index in [0.717, 1.165) is 29.9 Å². The molecule has 0 N–H and O–H groups in total. The fourth-order valence-corrected chi connectivity index (χ4v) is 1.97. The minimum absolute atomic E-state index is 0.847. The molecule has 0 saturated heterocycles. The summed E-state index contributed by atoms with van der Waals surface area (Å²) in [6.07, 6.45) is 7.97. The van der Waals surface area contributed by atoms with Crippen molar-refractivity contribution in [2.24, 2.45) is 0 Å². The first-order valence-corrected chi connectivity index (χ1v) is 4.85. The molecular formula is C13H14O. The molecule has 0 aromatic carbocycles. The number of allylic oxidation sites excluding steroid dienone is 2. The first-order chi connectivity index (χ1) is 6.77. The third-order valence-corrected chi connectivity index (χ3v) is 2.67. The first-order valence-electron chi connectivity index (χ1n) is 4.85. The summed E-state index contributed by atoms with van der Waals surface area (Å²) in [5.74, 6) is 1.86. The summed E-state index contributed by atoms with van der Waals surface area (Å²) < 4.78 is 5.73. The van der Waals surface area contributed by atoms with E-state index in [1.807, 2.05) is 6.08 Å². The lowest BCUT2D eigenvalue weighted by Gasteiger charge is -2.08. The van der Waals surface area contributed by atoms with Gasteiger partial charge in [-0.2, -0.15) is 0 Å². The van der Waals surface area contributed by atoms with Gasteiger partial charge in [0.15, 0.2) is 0 Å². The van der Waals surface area contributed by atoms with Gasteiger partial charge in [0.2, 0.25) is 0 Å². The van der Waals surface area contributed by atoms with Crippen molar-refractivity contribution in [1.29, 1.82) is 0 Å². The van der Waals surface area contributed by atoms with Crippen molar-refractivity contribution in [3.05, 3.63) is 41.9 Å². The van der Waals surface area contributed by atoms with Crippen LogP contribution in [-0.2, 0) is 6.42 Å². The lowest BCUT2D eigenvalue weighted by molar-refractivity contribution is 0.537. The quantitative estimate of drug-likeness (QED) is 0.682. The standard InChI is InChI=1S/C13H14O/c1-4-10-11-8-6-7-9(3)13(11)14-12(10)5-2/h4-5,7H,1-2,6,8H2,3H3. The molecule has 0 fully saturated rings. The number of fused-ring (bicyclic) bond motifs is 1. The molecule has 0 saturated carbocycles. The zero-order valence-corrected chi connectivity index (χ0v) is 8.47. The Hall–Kier alpha value is -1.50. The molecule has 1 nitrogen and oxygen atoms in total. The molecule has 0 atom stereocenters. The van der Waals surface area contributed by atoms with Gasteiger partial charge in [-0.05, 0) is 31.4 Å². The zero-order valence-electron chi connectivity index (χ0n) is 8.47. The molecule has 0 bridgehead atoms. The summed E-state index contributed by atoms with van der Waals surface area (Å²) in [7, 11) is 0. The summed E-state index contributed by atoms with van der Waals surface area (Å²) in [6.45, 7) is 9.65. The zero-order chi connectivity index (χ0) is 10.1. The van der Waals surface area contributed by atoms with Crippen LogP contribution < -0.4 is 0 Å². The SMILES string of the molecule is C=Cc1oc2c(c1C=C)CCC=C2C. The van der Waals surface area contributed by atoms with Crippen LogP contribution in [0.1, 0.15) is 36.0 Å². The van der Waals surface area contributed by atoms with E-state index in [-0.39, 0.29) is 0 Å². The lowest BCUT2D eigenvalue weighted by Crippen LogP contribution is -1.95. The Morgan fingerprint density at radius 1 is 1.36 bits per heavy atom. The van der Waals surface area contributed by atoms with Gasteiger partial charge in [0.05, 0.1) is 0 Å². The summed E-state index contributed by atoms with van der Waals surface area (Å²) in [6, 6.07) is 0. The largest absolute Gasteiger partial charge is 0.456 e. The van der Waals surface area contributed by atoms with Gasteiger partial charge in [-0.25, -0.2) is 0 Å². The van der Waals surface area contributed by atoms with Crippen molar-refractivity contribution < 1.29 is 4.42 Å². The Bertz CT molecular complexity index is 419. The highest BCUT2D eigenvalue weighted by atomic mass is 16.3. The Morgan fingerprint density at radius 2 is 2.14 bits per heavy atom. The van der Waals surface area contributed by atoms with Crippen LogP contribution in [0.5, 0.6) is 0 Å². The fourth-order valence-electron chi connectivity index (χ4n) is 1.97. The molecular weight excluding hydrogens is 172 g/mol. The van der Waals surface area contributed by atoms with E-state index in [1.54, 1.807) is 6.08 Å². The van der Waals surface area contributed by atoms with E-state index in [2.05, 4.69) is 26.2 Å². The maximum absolute atomic E-state index is 5.73. The Balaban J connectivity index is 2.67. The summed E-state index contributed by atoms with van der Waals surface area (Å²) in [5, 5.41) is 0. The van der Waals surface area contributed by atoms with Gasteiger partial charge in [-0.1, -0.05) is 25.3 Å². The molecule has 1 aromatic heterocycles. The van der Waals surface area contributed by atoms with Crippen LogP contribution in [0.3, 0.4) is 0 Å². The van der Waals surface area contributed by atoms with E-state index >= 15 is 0 Å². The Kier molecular flexibility index (Phi) is 2.16. The molecule has 14 heavy (non-hydrogen) atoms. The summed E-state index contributed by atoms with van der Waals surface area (Å²) in [5.41, 5.74) is 3.62. The molecule has 0 aliphatic heterocycles. The van der Waals surface area contributed by atoms with Crippen molar-refractivity contribution in [2.75, 3.05) is 0 Å². The van der Waals surface area contributed by atoms with Crippen molar-refractivity contribution in [3.8, 4) is 0 Å². The first kappa shape index (κ1) is 9.07. The van der Waals surface area contributed by atoms with E-state index in [1.165, 1.54) is 11.1 Å². The minimum atomic E-state index is 0.847. The second-order valence-electron chi connectivity index (χ2n) is 3.52. The van der Waals surface area contributed by atoms with Crippen LogP contribution in [0.15, 0.2) is 23.7 Å². The van der Waals surface area contributed by atoms with Crippen molar-refractivity contribution in [1.82, 2.24) is 0 Å². The molecule has 0 amide bonds. The Morgan fingerprint density at radius 3 is 2.79 bits per heavy atom. The molecule has 1 heterocycles. The van der Waals surface area contributed by atoms with E-state index in [4.69, 9.17) is 4.42 Å². The predicted octanol–water partition coefficient (Wildman–Crippen LogP) is 3.92. The number of rotatable bonds is 2. The molecule has 1 aromatic rings. The fraction of sp³-hybridized carbons (Fsp3) is 0.231. The maximum Gasteiger partial charge on any atom is 0.134 e. The van der Waals surface area contributed by atoms with Gasteiger partial charge in [0, 0.05) is 11.1 Å². The van der Waals surface area contributed by atoms with Crippen LogP contribution in [0.4, 0.5) is 0 Å². The second kappa shape index (κ2) is 3.33. The van der Waals surface area contributed by atoms with E-state index < -0.39 is 0 Å². The monoisotopic (exact) mass is 186 g/mol. The molecule has 0 unspecified atom stereocenters. The van der Waals surface area contributed by atoms with Crippen LogP contribution in [0.25, 0.3) is 17.7 Å². The average Bonchev–Trinajstić information content (AvgIpc) is 2.57. The van der Waals surface area contributed by atoms with Crippen LogP contribution in [0, 0.1) is 0 Å².